The second-order valence-corrected chi connectivity index (χ2v) is 9.15. The van der Waals surface area contributed by atoms with Crippen molar-refractivity contribution < 1.29 is 5.11 Å². The zero-order chi connectivity index (χ0) is 18.9. The molecule has 2 heterocycles. The number of nitrogens with zero attached hydrogens (tertiary/aromatic N) is 4. The fourth-order valence-electron chi connectivity index (χ4n) is 5.25. The van der Waals surface area contributed by atoms with Gasteiger partial charge in [-0.3, -0.25) is 4.90 Å². The minimum atomic E-state index is -0.391. The van der Waals surface area contributed by atoms with Crippen molar-refractivity contribution in [3.05, 3.63) is 47.8 Å². The maximum atomic E-state index is 11.0. The Morgan fingerprint density at radius 1 is 1.00 bits per heavy atom. The molecule has 1 aromatic carbocycles. The lowest BCUT2D eigenvalue weighted by molar-refractivity contribution is -0.0181. The number of benzene rings is 1. The second-order valence-electron chi connectivity index (χ2n) is 9.15. The fourth-order valence-corrected chi connectivity index (χ4v) is 5.25. The summed E-state index contributed by atoms with van der Waals surface area (Å²) in [5, 5.41) is 19.8. The van der Waals surface area contributed by atoms with Crippen molar-refractivity contribution in [1.82, 2.24) is 19.9 Å². The molecule has 1 saturated heterocycles. The minimum Gasteiger partial charge on any atom is -0.390 e. The van der Waals surface area contributed by atoms with Crippen LogP contribution >= 0.6 is 0 Å². The zero-order valence-electron chi connectivity index (χ0n) is 16.7. The number of piperidine rings is 1. The summed E-state index contributed by atoms with van der Waals surface area (Å²) < 4.78 is 1.95. The van der Waals surface area contributed by atoms with Gasteiger partial charge in [-0.15, -0.1) is 5.10 Å². The van der Waals surface area contributed by atoms with Crippen LogP contribution in [0.5, 0.6) is 0 Å². The molecule has 0 radical (unpaired) electrons. The Bertz CT molecular complexity index is 766. The lowest BCUT2D eigenvalue weighted by atomic mass is 9.85. The van der Waals surface area contributed by atoms with Crippen LogP contribution in [0.25, 0.3) is 0 Å². The van der Waals surface area contributed by atoms with E-state index in [-0.39, 0.29) is 6.04 Å². The molecule has 2 aliphatic carbocycles. The molecule has 28 heavy (non-hydrogen) atoms. The van der Waals surface area contributed by atoms with Gasteiger partial charge < -0.3 is 5.11 Å². The van der Waals surface area contributed by atoms with Gasteiger partial charge in [0.15, 0.2) is 0 Å². The lowest BCUT2D eigenvalue weighted by Gasteiger charge is -2.44. The number of β-amino-alcohol motifs (C(OH)–C–C–N with tert-alkyl or cyclic N) is 1. The normalized spacial score (nSPS) is 29.8. The maximum absolute atomic E-state index is 11.0. The first kappa shape index (κ1) is 18.3. The summed E-state index contributed by atoms with van der Waals surface area (Å²) in [6, 6.07) is 11.2. The number of aliphatic hydroxyl groups is 1. The quantitative estimate of drug-likeness (QED) is 0.849. The first-order valence-corrected chi connectivity index (χ1v) is 11.2. The topological polar surface area (TPSA) is 54.2 Å². The average molecular weight is 381 g/mol. The van der Waals surface area contributed by atoms with Crippen LogP contribution in [-0.4, -0.2) is 44.2 Å². The van der Waals surface area contributed by atoms with Gasteiger partial charge in [-0.05, 0) is 43.6 Å². The Hall–Kier alpha value is -1.72. The molecule has 3 atom stereocenters. The van der Waals surface area contributed by atoms with Crippen molar-refractivity contribution in [3.63, 3.8) is 0 Å². The van der Waals surface area contributed by atoms with Crippen molar-refractivity contribution in [2.75, 3.05) is 13.1 Å². The monoisotopic (exact) mass is 380 g/mol. The van der Waals surface area contributed by atoms with E-state index >= 15 is 0 Å². The Morgan fingerprint density at radius 2 is 1.79 bits per heavy atom. The van der Waals surface area contributed by atoms with Gasteiger partial charge in [0.2, 0.25) is 0 Å². The van der Waals surface area contributed by atoms with Crippen LogP contribution in [0.4, 0.5) is 0 Å². The van der Waals surface area contributed by atoms with Crippen LogP contribution < -0.4 is 0 Å². The predicted octanol–water partition coefficient (Wildman–Crippen LogP) is 4.08. The molecule has 2 saturated carbocycles. The van der Waals surface area contributed by atoms with Crippen LogP contribution in [0.1, 0.15) is 80.6 Å². The Labute approximate surface area is 167 Å². The summed E-state index contributed by atoms with van der Waals surface area (Å²) in [5.41, 5.74) is 2.46. The third-order valence-electron chi connectivity index (χ3n) is 7.04. The molecule has 5 heteroatoms. The largest absolute Gasteiger partial charge is 0.390 e. The molecule has 0 amide bonds. The molecule has 0 spiro atoms. The first-order valence-electron chi connectivity index (χ1n) is 11.2. The highest BCUT2D eigenvalue weighted by Gasteiger charge is 2.38. The fraction of sp³-hybridized carbons (Fsp3) is 0.652. The molecule has 0 bridgehead atoms. The van der Waals surface area contributed by atoms with E-state index in [2.05, 4.69) is 51.7 Å². The van der Waals surface area contributed by atoms with Crippen LogP contribution in [0, 0.1) is 5.92 Å². The molecule has 1 aromatic heterocycles. The van der Waals surface area contributed by atoms with Gasteiger partial charge in [-0.2, -0.15) is 0 Å². The van der Waals surface area contributed by atoms with Crippen LogP contribution in [-0.2, 0) is 0 Å². The molecular formula is C23H32N4O. The van der Waals surface area contributed by atoms with E-state index in [1.165, 1.54) is 50.5 Å². The molecule has 2 aromatic rings. The number of rotatable bonds is 5. The number of hydrogen-bond donors (Lipinski definition) is 1. The van der Waals surface area contributed by atoms with Crippen molar-refractivity contribution in [2.24, 2.45) is 5.92 Å². The van der Waals surface area contributed by atoms with Crippen molar-refractivity contribution in [2.45, 2.75) is 75.5 Å². The van der Waals surface area contributed by atoms with E-state index in [1.54, 1.807) is 0 Å². The van der Waals surface area contributed by atoms with Gasteiger partial charge in [0.05, 0.1) is 17.8 Å². The van der Waals surface area contributed by atoms with E-state index in [4.69, 9.17) is 0 Å². The van der Waals surface area contributed by atoms with Crippen molar-refractivity contribution in [1.29, 1.82) is 0 Å². The highest BCUT2D eigenvalue weighted by Crippen LogP contribution is 2.41. The number of hydrogen-bond acceptors (Lipinski definition) is 4. The van der Waals surface area contributed by atoms with Gasteiger partial charge in [-0.25, -0.2) is 4.68 Å². The second kappa shape index (κ2) is 7.96. The van der Waals surface area contributed by atoms with Crippen molar-refractivity contribution in [3.8, 4) is 0 Å². The molecule has 150 valence electrons. The number of aliphatic hydroxyl groups excluding tert-OH is 1. The summed E-state index contributed by atoms with van der Waals surface area (Å²) >= 11 is 0. The zero-order valence-corrected chi connectivity index (χ0v) is 16.7. The lowest BCUT2D eigenvalue weighted by Crippen LogP contribution is -2.48. The minimum absolute atomic E-state index is 0.00723. The Morgan fingerprint density at radius 3 is 2.54 bits per heavy atom. The maximum Gasteiger partial charge on any atom is 0.0892 e. The van der Waals surface area contributed by atoms with Crippen molar-refractivity contribution >= 4 is 0 Å². The summed E-state index contributed by atoms with van der Waals surface area (Å²) in [6.45, 7) is 1.83. The molecule has 5 nitrogen and oxygen atoms in total. The third-order valence-corrected chi connectivity index (χ3v) is 7.04. The number of aromatic nitrogens is 3. The summed E-state index contributed by atoms with van der Waals surface area (Å²) in [5.74, 6) is 1.37. The van der Waals surface area contributed by atoms with Crippen LogP contribution in [0.2, 0.25) is 0 Å². The molecule has 1 aliphatic heterocycles. The molecule has 1 N–H and O–H groups in total. The molecule has 3 aliphatic rings. The smallest absolute Gasteiger partial charge is 0.0892 e. The average Bonchev–Trinajstić information content (AvgIpc) is 3.47. The van der Waals surface area contributed by atoms with Gasteiger partial charge >= 0.3 is 0 Å². The molecule has 5 rings (SSSR count). The Kier molecular flexibility index (Phi) is 5.20. The van der Waals surface area contributed by atoms with E-state index in [9.17, 15) is 5.11 Å². The Balaban J connectivity index is 1.37. The standard InChI is InChI=1S/C23H32N4O/c28-23-16-26(14-17-7-3-1-4-8-17)21(19-9-5-2-6-10-19)13-22(23)27-15-20(24-25-27)18-11-12-18/h2,5-6,9-10,15,17-18,21-23,28H,1,3-4,7-8,11-14,16H2/t21-,22+,23+/m1/s1. The first-order chi connectivity index (χ1) is 13.8. The van der Waals surface area contributed by atoms with Gasteiger partial charge in [-0.1, -0.05) is 54.8 Å². The highest BCUT2D eigenvalue weighted by atomic mass is 16.3. The molecular weight excluding hydrogens is 348 g/mol. The predicted molar refractivity (Wildman–Crippen MR) is 109 cm³/mol. The highest BCUT2D eigenvalue weighted by molar-refractivity contribution is 5.20. The van der Waals surface area contributed by atoms with Gasteiger partial charge in [0.1, 0.15) is 0 Å². The van der Waals surface area contributed by atoms with Crippen LogP contribution in [0.15, 0.2) is 36.5 Å². The summed E-state index contributed by atoms with van der Waals surface area (Å²) in [7, 11) is 0. The number of likely N-dealkylation sites (tertiary alicyclic amines) is 1. The molecule has 3 fully saturated rings. The van der Waals surface area contributed by atoms with E-state index in [0.717, 1.165) is 31.1 Å². The van der Waals surface area contributed by atoms with E-state index in [0.29, 0.717) is 12.0 Å². The van der Waals surface area contributed by atoms with Gasteiger partial charge in [0.25, 0.3) is 0 Å². The summed E-state index contributed by atoms with van der Waals surface area (Å²) in [4.78, 5) is 2.55. The van der Waals surface area contributed by atoms with Gasteiger partial charge in [0, 0.05) is 31.2 Å². The third kappa shape index (κ3) is 3.87. The van der Waals surface area contributed by atoms with Crippen LogP contribution in [0.3, 0.4) is 0 Å². The van der Waals surface area contributed by atoms with E-state index in [1.807, 2.05) is 4.68 Å². The van der Waals surface area contributed by atoms with E-state index < -0.39 is 6.10 Å². The molecule has 0 unspecified atom stereocenters. The SMILES string of the molecule is O[C@H]1CN(CC2CCCCC2)[C@@H](c2ccccc2)C[C@@H]1n1cc(C2CC2)nn1. The summed E-state index contributed by atoms with van der Waals surface area (Å²) in [6.07, 6.45) is 11.8.